The van der Waals surface area contributed by atoms with E-state index in [2.05, 4.69) is 30.4 Å². The summed E-state index contributed by atoms with van der Waals surface area (Å²) in [6, 6.07) is 6.64. The molecule has 3 heteroatoms. The van der Waals surface area contributed by atoms with Gasteiger partial charge in [0.25, 0.3) is 0 Å². The lowest BCUT2D eigenvalue weighted by molar-refractivity contribution is 0.0963. The highest BCUT2D eigenvalue weighted by Gasteiger charge is 2.31. The summed E-state index contributed by atoms with van der Waals surface area (Å²) < 4.78 is 5.65. The average Bonchev–Trinajstić information content (AvgIpc) is 2.71. The molecule has 1 fully saturated rings. The normalized spacial score (nSPS) is 26.1. The summed E-state index contributed by atoms with van der Waals surface area (Å²) >= 11 is 6.20. The lowest BCUT2D eigenvalue weighted by Crippen LogP contribution is -2.29. The van der Waals surface area contributed by atoms with E-state index in [1.807, 2.05) is 14.0 Å². The maximum atomic E-state index is 6.20. The smallest absolute Gasteiger partial charge is 0.0594 e. The van der Waals surface area contributed by atoms with Gasteiger partial charge in [-0.15, -0.1) is 0 Å². The fourth-order valence-corrected chi connectivity index (χ4v) is 2.81. The van der Waals surface area contributed by atoms with Gasteiger partial charge >= 0.3 is 0 Å². The molecule has 1 aliphatic heterocycles. The monoisotopic (exact) mass is 253 g/mol. The van der Waals surface area contributed by atoms with Gasteiger partial charge in [0.05, 0.1) is 6.10 Å². The fourth-order valence-electron chi connectivity index (χ4n) is 2.62. The van der Waals surface area contributed by atoms with Gasteiger partial charge in [0, 0.05) is 23.6 Å². The van der Waals surface area contributed by atoms with Crippen molar-refractivity contribution in [3.8, 4) is 0 Å². The number of rotatable bonds is 3. The topological polar surface area (TPSA) is 21.3 Å². The second-order valence-corrected chi connectivity index (χ2v) is 5.21. The van der Waals surface area contributed by atoms with Crippen molar-refractivity contribution in [2.45, 2.75) is 32.4 Å². The third kappa shape index (κ3) is 2.65. The molecule has 2 rings (SSSR count). The molecule has 0 aliphatic carbocycles. The van der Waals surface area contributed by atoms with Crippen LogP contribution in [0.25, 0.3) is 0 Å². The second kappa shape index (κ2) is 5.38. The van der Waals surface area contributed by atoms with Crippen molar-refractivity contribution in [3.63, 3.8) is 0 Å². The Bertz CT molecular complexity index is 394. The quantitative estimate of drug-likeness (QED) is 0.892. The number of hydrogen-bond donors (Lipinski definition) is 1. The van der Waals surface area contributed by atoms with Gasteiger partial charge in [-0.25, -0.2) is 0 Å². The Morgan fingerprint density at radius 2 is 2.24 bits per heavy atom. The van der Waals surface area contributed by atoms with E-state index in [4.69, 9.17) is 16.3 Å². The number of halogens is 1. The first-order valence-corrected chi connectivity index (χ1v) is 6.56. The molecule has 1 saturated heterocycles. The van der Waals surface area contributed by atoms with Crippen molar-refractivity contribution in [1.82, 2.24) is 5.32 Å². The highest BCUT2D eigenvalue weighted by molar-refractivity contribution is 6.31. The van der Waals surface area contributed by atoms with Crippen LogP contribution in [0.15, 0.2) is 18.2 Å². The van der Waals surface area contributed by atoms with Crippen molar-refractivity contribution in [1.29, 1.82) is 0 Å². The van der Waals surface area contributed by atoms with Gasteiger partial charge in [0.15, 0.2) is 0 Å². The zero-order valence-electron chi connectivity index (χ0n) is 10.7. The van der Waals surface area contributed by atoms with E-state index in [0.29, 0.717) is 18.1 Å². The molecule has 2 nitrogen and oxygen atoms in total. The molecular formula is C14H20ClNO. The second-order valence-electron chi connectivity index (χ2n) is 4.80. The lowest BCUT2D eigenvalue weighted by Gasteiger charge is -2.26. The molecule has 3 atom stereocenters. The molecule has 1 aliphatic rings. The van der Waals surface area contributed by atoms with Crippen molar-refractivity contribution in [2.24, 2.45) is 5.92 Å². The zero-order chi connectivity index (χ0) is 12.4. The third-order valence-electron chi connectivity index (χ3n) is 3.73. The van der Waals surface area contributed by atoms with Crippen molar-refractivity contribution in [3.05, 3.63) is 34.3 Å². The number of benzene rings is 1. The highest BCUT2D eigenvalue weighted by Crippen LogP contribution is 2.34. The highest BCUT2D eigenvalue weighted by atomic mass is 35.5. The van der Waals surface area contributed by atoms with Crippen LogP contribution in [-0.4, -0.2) is 19.8 Å². The molecule has 1 aromatic rings. The van der Waals surface area contributed by atoms with E-state index >= 15 is 0 Å². The standard InChI is InChI=1S/C14H20ClNO/c1-9-4-5-11(8-13(9)15)14(16-3)12-6-7-17-10(12)2/h4-5,8,10,12,14,16H,6-7H2,1-3H3. The Morgan fingerprint density at radius 1 is 1.47 bits per heavy atom. The van der Waals surface area contributed by atoms with E-state index in [0.717, 1.165) is 23.6 Å². The van der Waals surface area contributed by atoms with Crippen LogP contribution in [0.3, 0.4) is 0 Å². The molecule has 0 radical (unpaired) electrons. The summed E-state index contributed by atoms with van der Waals surface area (Å²) in [6.45, 7) is 5.04. The van der Waals surface area contributed by atoms with Gasteiger partial charge in [-0.2, -0.15) is 0 Å². The summed E-state index contributed by atoms with van der Waals surface area (Å²) in [5.41, 5.74) is 2.38. The predicted octanol–water partition coefficient (Wildman–Crippen LogP) is 3.33. The Morgan fingerprint density at radius 3 is 2.76 bits per heavy atom. The van der Waals surface area contributed by atoms with Crippen LogP contribution in [0, 0.1) is 12.8 Å². The molecule has 0 saturated carbocycles. The summed E-state index contributed by atoms with van der Waals surface area (Å²) in [7, 11) is 2.00. The van der Waals surface area contributed by atoms with Gasteiger partial charge in [-0.05, 0) is 44.5 Å². The minimum atomic E-state index is 0.313. The van der Waals surface area contributed by atoms with E-state index < -0.39 is 0 Å². The molecule has 0 amide bonds. The van der Waals surface area contributed by atoms with E-state index in [9.17, 15) is 0 Å². The molecule has 0 aromatic heterocycles. The molecule has 0 spiro atoms. The van der Waals surface area contributed by atoms with E-state index in [1.54, 1.807) is 0 Å². The number of ether oxygens (including phenoxy) is 1. The SMILES string of the molecule is CNC(c1ccc(C)c(Cl)c1)C1CCOC1C. The molecular weight excluding hydrogens is 234 g/mol. The largest absolute Gasteiger partial charge is 0.378 e. The van der Waals surface area contributed by atoms with Crippen molar-refractivity contribution < 1.29 is 4.74 Å². The fraction of sp³-hybridized carbons (Fsp3) is 0.571. The van der Waals surface area contributed by atoms with Gasteiger partial charge in [-0.1, -0.05) is 23.7 Å². The van der Waals surface area contributed by atoms with Crippen LogP contribution in [0.4, 0.5) is 0 Å². The Kier molecular flexibility index (Phi) is 4.08. The first kappa shape index (κ1) is 12.9. The number of nitrogens with one attached hydrogen (secondary N) is 1. The lowest BCUT2D eigenvalue weighted by atomic mass is 9.88. The Labute approximate surface area is 108 Å². The van der Waals surface area contributed by atoms with Crippen LogP contribution < -0.4 is 5.32 Å². The molecule has 1 N–H and O–H groups in total. The summed E-state index contributed by atoms with van der Waals surface area (Å²) in [5.74, 6) is 0.527. The summed E-state index contributed by atoms with van der Waals surface area (Å²) in [6.07, 6.45) is 1.42. The summed E-state index contributed by atoms with van der Waals surface area (Å²) in [5, 5.41) is 4.24. The zero-order valence-corrected chi connectivity index (χ0v) is 11.4. The molecule has 1 heterocycles. The molecule has 1 aromatic carbocycles. The number of aryl methyl sites for hydroxylation is 1. The van der Waals surface area contributed by atoms with Crippen LogP contribution in [-0.2, 0) is 4.74 Å². The van der Waals surface area contributed by atoms with Crippen molar-refractivity contribution >= 4 is 11.6 Å². The van der Waals surface area contributed by atoms with Gasteiger partial charge < -0.3 is 10.1 Å². The van der Waals surface area contributed by atoms with Gasteiger partial charge in [0.2, 0.25) is 0 Å². The third-order valence-corrected chi connectivity index (χ3v) is 4.14. The van der Waals surface area contributed by atoms with Gasteiger partial charge in [-0.3, -0.25) is 0 Å². The Balaban J connectivity index is 2.25. The number of hydrogen-bond acceptors (Lipinski definition) is 2. The molecule has 94 valence electrons. The van der Waals surface area contributed by atoms with Crippen LogP contribution in [0.2, 0.25) is 5.02 Å². The van der Waals surface area contributed by atoms with Gasteiger partial charge in [0.1, 0.15) is 0 Å². The van der Waals surface area contributed by atoms with Crippen LogP contribution >= 0.6 is 11.6 Å². The average molecular weight is 254 g/mol. The van der Waals surface area contributed by atoms with E-state index in [1.165, 1.54) is 5.56 Å². The molecule has 17 heavy (non-hydrogen) atoms. The van der Waals surface area contributed by atoms with Crippen molar-refractivity contribution in [2.75, 3.05) is 13.7 Å². The van der Waals surface area contributed by atoms with Crippen LogP contribution in [0.1, 0.15) is 30.5 Å². The minimum absolute atomic E-state index is 0.313. The predicted molar refractivity (Wildman–Crippen MR) is 71.5 cm³/mol. The maximum Gasteiger partial charge on any atom is 0.0594 e. The molecule has 3 unspecified atom stereocenters. The maximum absolute atomic E-state index is 6.20. The van der Waals surface area contributed by atoms with E-state index in [-0.39, 0.29) is 0 Å². The minimum Gasteiger partial charge on any atom is -0.378 e. The summed E-state index contributed by atoms with van der Waals surface area (Å²) in [4.78, 5) is 0. The molecule has 0 bridgehead atoms. The first-order valence-electron chi connectivity index (χ1n) is 6.18. The first-order chi connectivity index (χ1) is 8.13. The Hall–Kier alpha value is -0.570. The van der Waals surface area contributed by atoms with Crippen LogP contribution in [0.5, 0.6) is 0 Å².